The van der Waals surface area contributed by atoms with Gasteiger partial charge < -0.3 is 14.5 Å². The van der Waals surface area contributed by atoms with Gasteiger partial charge in [-0.05, 0) is 123 Å². The molecule has 1 aliphatic rings. The van der Waals surface area contributed by atoms with E-state index in [-0.39, 0.29) is 5.41 Å². The van der Waals surface area contributed by atoms with Gasteiger partial charge in [0.25, 0.3) is 0 Å². The summed E-state index contributed by atoms with van der Waals surface area (Å²) in [6.07, 6.45) is 1.93. The number of ether oxygens (including phenoxy) is 1. The van der Waals surface area contributed by atoms with Crippen molar-refractivity contribution in [2.45, 2.75) is 65.7 Å². The molecule has 0 saturated carbocycles. The van der Waals surface area contributed by atoms with Gasteiger partial charge in [0.15, 0.2) is 0 Å². The predicted octanol–water partition coefficient (Wildman–Crippen LogP) is 16.1. The minimum Gasteiger partial charge on any atom is -0.457 e. The molecule has 0 atom stereocenters. The largest absolute Gasteiger partial charge is 0.457 e. The molecule has 0 saturated heterocycles. The van der Waals surface area contributed by atoms with Crippen LogP contribution in [-0.2, 0) is 5.41 Å². The normalized spacial score (nSPS) is 12.8. The molecule has 9 aromatic rings. The summed E-state index contributed by atoms with van der Waals surface area (Å²) in [6, 6.07) is 61.3. The lowest BCUT2D eigenvalue weighted by atomic mass is 9.85. The smallest absolute Gasteiger partial charge is 0.137 e. The van der Waals surface area contributed by atoms with Gasteiger partial charge in [-0.25, -0.2) is 4.98 Å². The van der Waals surface area contributed by atoms with Crippen molar-refractivity contribution in [2.75, 3.05) is 16.5 Å². The van der Waals surface area contributed by atoms with Crippen LogP contribution in [0.1, 0.15) is 77.0 Å². The third kappa shape index (κ3) is 7.42. The number of para-hydroxylation sites is 3. The van der Waals surface area contributed by atoms with Gasteiger partial charge in [0.2, 0.25) is 0 Å². The first kappa shape index (κ1) is 40.0. The van der Waals surface area contributed by atoms with Crippen LogP contribution in [0.25, 0.3) is 49.9 Å². The van der Waals surface area contributed by atoms with Crippen LogP contribution in [0.15, 0.2) is 176 Å². The summed E-state index contributed by atoms with van der Waals surface area (Å²) in [5.74, 6) is 3.25. The highest BCUT2D eigenvalue weighted by atomic mass is 16.5. The van der Waals surface area contributed by atoms with Crippen molar-refractivity contribution in [3.8, 4) is 39.6 Å². The van der Waals surface area contributed by atoms with Gasteiger partial charge in [-0.15, -0.1) is 0 Å². The number of hydrogen-bond acceptors (Lipinski definition) is 4. The topological polar surface area (TPSA) is 33.5 Å². The summed E-state index contributed by atoms with van der Waals surface area (Å²) in [4.78, 5) is 9.77. The Bertz CT molecular complexity index is 3110. The van der Waals surface area contributed by atoms with E-state index in [9.17, 15) is 0 Å². The molecular formula is C58H54N4O. The number of aromatic nitrogens is 2. The van der Waals surface area contributed by atoms with Gasteiger partial charge in [0.05, 0.1) is 22.4 Å². The standard InChI is InChI=1S/C58H54N4O/c1-38(2)48-22-16-23-49(39(3)4)57(48)41-19-15-20-44(31-41)60-37-61(54-26-14-13-25-53(54)60)45-32-42(40-17-9-8-10-18-40)33-47(35-45)63-46-27-28-51-50-21-11-12-24-52(50)62(55(51)36-46)56-34-43(29-30-59-56)58(5,6)7/h8-36,38-39H,37H2,1-7H3. The van der Waals surface area contributed by atoms with Crippen molar-refractivity contribution in [3.05, 3.63) is 193 Å². The van der Waals surface area contributed by atoms with Crippen LogP contribution in [0.4, 0.5) is 22.7 Å². The maximum absolute atomic E-state index is 6.96. The number of hydrogen-bond donors (Lipinski definition) is 0. The number of anilines is 4. The lowest BCUT2D eigenvalue weighted by molar-refractivity contribution is 0.483. The molecule has 0 bridgehead atoms. The Morgan fingerprint density at radius 2 is 1.14 bits per heavy atom. The van der Waals surface area contributed by atoms with E-state index < -0.39 is 0 Å². The van der Waals surface area contributed by atoms with Crippen LogP contribution in [0.2, 0.25) is 0 Å². The molecular weight excluding hydrogens is 769 g/mol. The molecule has 0 amide bonds. The zero-order chi connectivity index (χ0) is 43.4. The second kappa shape index (κ2) is 16.0. The summed E-state index contributed by atoms with van der Waals surface area (Å²) < 4.78 is 9.24. The summed E-state index contributed by atoms with van der Waals surface area (Å²) in [7, 11) is 0. The molecule has 5 heteroatoms. The number of pyridine rings is 1. The van der Waals surface area contributed by atoms with Gasteiger partial charge in [0, 0.05) is 40.5 Å². The first-order valence-corrected chi connectivity index (χ1v) is 22.3. The Morgan fingerprint density at radius 3 is 1.87 bits per heavy atom. The highest BCUT2D eigenvalue weighted by Gasteiger charge is 2.29. The van der Waals surface area contributed by atoms with E-state index in [1.54, 1.807) is 0 Å². The van der Waals surface area contributed by atoms with Gasteiger partial charge in [0.1, 0.15) is 24.0 Å². The minimum atomic E-state index is -0.0136. The summed E-state index contributed by atoms with van der Waals surface area (Å²) in [6.45, 7) is 16.6. The van der Waals surface area contributed by atoms with E-state index in [4.69, 9.17) is 9.72 Å². The van der Waals surface area contributed by atoms with E-state index in [2.05, 4.69) is 233 Å². The van der Waals surface area contributed by atoms with Gasteiger partial charge in [-0.2, -0.15) is 0 Å². The van der Waals surface area contributed by atoms with Crippen LogP contribution in [0, 0.1) is 0 Å². The number of benzene rings is 7. The van der Waals surface area contributed by atoms with Gasteiger partial charge >= 0.3 is 0 Å². The fraction of sp³-hybridized carbons (Fsp3) is 0.190. The van der Waals surface area contributed by atoms with Crippen molar-refractivity contribution in [1.82, 2.24) is 9.55 Å². The zero-order valence-corrected chi connectivity index (χ0v) is 37.3. The molecule has 0 radical (unpaired) electrons. The zero-order valence-electron chi connectivity index (χ0n) is 37.3. The molecule has 0 spiro atoms. The summed E-state index contributed by atoms with van der Waals surface area (Å²) in [5, 5.41) is 2.34. The van der Waals surface area contributed by atoms with Gasteiger partial charge in [-0.3, -0.25) is 4.57 Å². The van der Waals surface area contributed by atoms with Crippen LogP contribution < -0.4 is 14.5 Å². The maximum Gasteiger partial charge on any atom is 0.137 e. The quantitative estimate of drug-likeness (QED) is 0.145. The molecule has 0 fully saturated rings. The summed E-state index contributed by atoms with van der Waals surface area (Å²) >= 11 is 0. The molecule has 3 heterocycles. The van der Waals surface area contributed by atoms with E-state index in [1.165, 1.54) is 38.9 Å². The molecule has 0 aliphatic carbocycles. The Hall–Kier alpha value is -7.11. The number of nitrogens with zero attached hydrogens (tertiary/aromatic N) is 4. The second-order valence-electron chi connectivity index (χ2n) is 18.5. The third-order valence-corrected chi connectivity index (χ3v) is 12.6. The van der Waals surface area contributed by atoms with Gasteiger partial charge in [-0.1, -0.05) is 139 Å². The summed E-state index contributed by atoms with van der Waals surface area (Å²) in [5.41, 5.74) is 15.6. The molecule has 5 nitrogen and oxygen atoms in total. The molecule has 2 aromatic heterocycles. The molecule has 63 heavy (non-hydrogen) atoms. The lowest BCUT2D eigenvalue weighted by Gasteiger charge is -2.25. The monoisotopic (exact) mass is 822 g/mol. The van der Waals surface area contributed by atoms with E-state index in [1.807, 2.05) is 6.20 Å². The van der Waals surface area contributed by atoms with Crippen LogP contribution in [0.3, 0.4) is 0 Å². The molecule has 1 aliphatic heterocycles. The maximum atomic E-state index is 6.96. The highest BCUT2D eigenvalue weighted by Crippen LogP contribution is 2.47. The second-order valence-corrected chi connectivity index (χ2v) is 18.5. The van der Waals surface area contributed by atoms with E-state index >= 15 is 0 Å². The molecule has 312 valence electrons. The van der Waals surface area contributed by atoms with Crippen molar-refractivity contribution in [1.29, 1.82) is 0 Å². The van der Waals surface area contributed by atoms with Crippen molar-refractivity contribution < 1.29 is 4.74 Å². The predicted molar refractivity (Wildman–Crippen MR) is 265 cm³/mol. The van der Waals surface area contributed by atoms with Crippen molar-refractivity contribution in [3.63, 3.8) is 0 Å². The average Bonchev–Trinajstić information content (AvgIpc) is 3.85. The van der Waals surface area contributed by atoms with Crippen LogP contribution >= 0.6 is 0 Å². The highest BCUT2D eigenvalue weighted by molar-refractivity contribution is 6.09. The Labute approximate surface area is 371 Å². The molecule has 10 rings (SSSR count). The third-order valence-electron chi connectivity index (χ3n) is 12.6. The Balaban J connectivity index is 1.06. The first-order valence-electron chi connectivity index (χ1n) is 22.3. The fourth-order valence-corrected chi connectivity index (χ4v) is 9.37. The van der Waals surface area contributed by atoms with E-state index in [0.717, 1.165) is 61.9 Å². The molecule has 0 unspecified atom stereocenters. The van der Waals surface area contributed by atoms with Crippen molar-refractivity contribution >= 4 is 44.6 Å². The molecule has 0 N–H and O–H groups in total. The first-order chi connectivity index (χ1) is 30.5. The number of fused-ring (bicyclic) bond motifs is 4. The van der Waals surface area contributed by atoms with E-state index in [0.29, 0.717) is 18.5 Å². The minimum absolute atomic E-state index is 0.0136. The number of rotatable bonds is 9. The average molecular weight is 823 g/mol. The van der Waals surface area contributed by atoms with Crippen LogP contribution in [0.5, 0.6) is 11.5 Å². The van der Waals surface area contributed by atoms with Crippen LogP contribution in [-0.4, -0.2) is 16.2 Å². The lowest BCUT2D eigenvalue weighted by Crippen LogP contribution is -2.24. The fourth-order valence-electron chi connectivity index (χ4n) is 9.37. The van der Waals surface area contributed by atoms with Crippen molar-refractivity contribution in [2.24, 2.45) is 0 Å². The SMILES string of the molecule is CC(C)c1cccc(C(C)C)c1-c1cccc(N2CN(c3cc(Oc4ccc5c6ccccc6n(-c6cc(C(C)(C)C)ccn6)c5c4)cc(-c4ccccc4)c3)c3ccccc32)c1. The Morgan fingerprint density at radius 1 is 0.508 bits per heavy atom. The molecule has 7 aromatic carbocycles. The Kier molecular flexibility index (Phi) is 10.1.